The number of rotatable bonds is 7. The zero-order valence-electron chi connectivity index (χ0n) is 14.7. The summed E-state index contributed by atoms with van der Waals surface area (Å²) in [7, 11) is 2.01. The van der Waals surface area contributed by atoms with Crippen LogP contribution in [0.15, 0.2) is 23.1 Å². The zero-order chi connectivity index (χ0) is 18.6. The van der Waals surface area contributed by atoms with Crippen molar-refractivity contribution < 1.29 is 13.6 Å². The van der Waals surface area contributed by atoms with Gasteiger partial charge >= 0.3 is 0 Å². The Balaban J connectivity index is 2.03. The molecule has 0 saturated carbocycles. The van der Waals surface area contributed by atoms with Crippen molar-refractivity contribution in [2.24, 2.45) is 5.92 Å². The highest BCUT2D eigenvalue weighted by molar-refractivity contribution is 5.97. The molecule has 7 heteroatoms. The van der Waals surface area contributed by atoms with Gasteiger partial charge in [-0.15, -0.1) is 0 Å². The molecule has 0 aliphatic carbocycles. The maximum absolute atomic E-state index is 13.7. The van der Waals surface area contributed by atoms with E-state index in [-0.39, 0.29) is 16.5 Å². The van der Waals surface area contributed by atoms with Crippen LogP contribution in [0, 0.1) is 17.6 Å². The Kier molecular flexibility index (Phi) is 6.25. The molecule has 0 bridgehead atoms. The lowest BCUT2D eigenvalue weighted by Crippen LogP contribution is -2.32. The number of nitrogens with one attached hydrogen (secondary N) is 2. The second-order valence-corrected chi connectivity index (χ2v) is 6.61. The molecule has 2 rings (SSSR count). The van der Waals surface area contributed by atoms with Gasteiger partial charge in [0, 0.05) is 25.4 Å². The fourth-order valence-electron chi connectivity index (χ4n) is 2.78. The number of pyridine rings is 1. The highest BCUT2D eigenvalue weighted by Gasteiger charge is 2.15. The third-order valence-electron chi connectivity index (χ3n) is 3.83. The van der Waals surface area contributed by atoms with Crippen LogP contribution in [-0.4, -0.2) is 42.5 Å². The van der Waals surface area contributed by atoms with E-state index in [1.807, 2.05) is 7.05 Å². The monoisotopic (exact) mass is 351 g/mol. The summed E-state index contributed by atoms with van der Waals surface area (Å²) in [6, 6.07) is 1.61. The fraction of sp³-hybridized carbons (Fsp3) is 0.444. The number of aromatic amines is 1. The molecule has 0 aliphatic rings. The van der Waals surface area contributed by atoms with Crippen molar-refractivity contribution in [1.29, 1.82) is 0 Å². The third-order valence-corrected chi connectivity index (χ3v) is 3.83. The Morgan fingerprint density at radius 1 is 1.32 bits per heavy atom. The molecule has 0 unspecified atom stereocenters. The summed E-state index contributed by atoms with van der Waals surface area (Å²) in [5, 5.41) is 2.49. The van der Waals surface area contributed by atoms with Gasteiger partial charge in [-0.25, -0.2) is 8.78 Å². The molecule has 0 saturated heterocycles. The summed E-state index contributed by atoms with van der Waals surface area (Å²) in [6.45, 7) is 6.47. The lowest BCUT2D eigenvalue weighted by Gasteiger charge is -2.18. The number of carbonyl (C=O) groups is 1. The molecule has 0 atom stereocenters. The maximum atomic E-state index is 13.7. The first-order valence-corrected chi connectivity index (χ1v) is 8.26. The first kappa shape index (κ1) is 19.1. The first-order chi connectivity index (χ1) is 11.8. The largest absolute Gasteiger partial charge is 0.358 e. The standard InChI is InChI=1S/C18H23F2N3O2/c1-11(2)10-23(3)6-4-5-21-18(25)14-9-22-16-13(17(14)24)7-12(19)8-15(16)20/h7-9,11H,4-6,10H2,1-3H3,(H,21,25)(H,22,24). The number of aromatic nitrogens is 1. The molecular formula is C18H23F2N3O2. The van der Waals surface area contributed by atoms with Crippen molar-refractivity contribution in [2.75, 3.05) is 26.7 Å². The van der Waals surface area contributed by atoms with Gasteiger partial charge in [-0.3, -0.25) is 9.59 Å². The number of H-pyrrole nitrogens is 1. The van der Waals surface area contributed by atoms with Crippen LogP contribution in [0.25, 0.3) is 10.9 Å². The third kappa shape index (κ3) is 4.85. The van der Waals surface area contributed by atoms with Crippen molar-refractivity contribution in [3.05, 3.63) is 45.8 Å². The van der Waals surface area contributed by atoms with Gasteiger partial charge in [-0.05, 0) is 32.0 Å². The maximum Gasteiger partial charge on any atom is 0.256 e. The van der Waals surface area contributed by atoms with E-state index in [4.69, 9.17) is 0 Å². The summed E-state index contributed by atoms with van der Waals surface area (Å²) in [6.07, 6.45) is 1.90. The predicted octanol–water partition coefficient (Wildman–Crippen LogP) is 2.51. The van der Waals surface area contributed by atoms with Gasteiger partial charge in [-0.1, -0.05) is 13.8 Å². The molecule has 2 N–H and O–H groups in total. The minimum absolute atomic E-state index is 0.113. The second-order valence-electron chi connectivity index (χ2n) is 6.61. The molecule has 0 radical (unpaired) electrons. The Bertz CT molecular complexity index is 818. The van der Waals surface area contributed by atoms with Gasteiger partial charge < -0.3 is 15.2 Å². The minimum atomic E-state index is -0.868. The van der Waals surface area contributed by atoms with E-state index < -0.39 is 23.0 Å². The number of hydrogen-bond acceptors (Lipinski definition) is 3. The second kappa shape index (κ2) is 8.20. The van der Waals surface area contributed by atoms with E-state index >= 15 is 0 Å². The van der Waals surface area contributed by atoms with Crippen molar-refractivity contribution in [3.8, 4) is 0 Å². The lowest BCUT2D eigenvalue weighted by molar-refractivity contribution is 0.0950. The summed E-state index contributed by atoms with van der Waals surface area (Å²) in [5.41, 5.74) is -0.965. The van der Waals surface area contributed by atoms with E-state index in [0.29, 0.717) is 18.5 Å². The Labute approximate surface area is 145 Å². The number of fused-ring (bicyclic) bond motifs is 1. The molecule has 5 nitrogen and oxygen atoms in total. The first-order valence-electron chi connectivity index (χ1n) is 8.26. The highest BCUT2D eigenvalue weighted by atomic mass is 19.1. The van der Waals surface area contributed by atoms with E-state index in [0.717, 1.165) is 31.8 Å². The van der Waals surface area contributed by atoms with E-state index in [1.165, 1.54) is 0 Å². The quantitative estimate of drug-likeness (QED) is 0.754. The van der Waals surface area contributed by atoms with Crippen LogP contribution in [0.1, 0.15) is 30.6 Å². The highest BCUT2D eigenvalue weighted by Crippen LogP contribution is 2.14. The average Bonchev–Trinajstić information content (AvgIpc) is 2.51. The van der Waals surface area contributed by atoms with Gasteiger partial charge in [0.1, 0.15) is 17.2 Å². The molecule has 0 fully saturated rings. The number of nitrogens with zero attached hydrogens (tertiary/aromatic N) is 1. The van der Waals surface area contributed by atoms with Gasteiger partial charge in [0.25, 0.3) is 5.91 Å². The molecule has 1 heterocycles. The lowest BCUT2D eigenvalue weighted by atomic mass is 10.1. The zero-order valence-corrected chi connectivity index (χ0v) is 14.7. The Morgan fingerprint density at radius 2 is 2.04 bits per heavy atom. The topological polar surface area (TPSA) is 65.2 Å². The van der Waals surface area contributed by atoms with Gasteiger partial charge in [0.2, 0.25) is 5.43 Å². The van der Waals surface area contributed by atoms with Crippen molar-refractivity contribution in [1.82, 2.24) is 15.2 Å². The summed E-state index contributed by atoms with van der Waals surface area (Å²) >= 11 is 0. The molecule has 2 aromatic rings. The van der Waals surface area contributed by atoms with Crippen LogP contribution in [0.5, 0.6) is 0 Å². The van der Waals surface area contributed by atoms with E-state index in [9.17, 15) is 18.4 Å². The van der Waals surface area contributed by atoms with E-state index in [1.54, 1.807) is 0 Å². The summed E-state index contributed by atoms with van der Waals surface area (Å²) in [5.74, 6) is -1.72. The number of amides is 1. The molecule has 1 aromatic carbocycles. The molecular weight excluding hydrogens is 328 g/mol. The van der Waals surface area contributed by atoms with Crippen LogP contribution in [0.3, 0.4) is 0 Å². The van der Waals surface area contributed by atoms with Crippen molar-refractivity contribution in [2.45, 2.75) is 20.3 Å². The number of halogens is 2. The van der Waals surface area contributed by atoms with Crippen LogP contribution in [-0.2, 0) is 0 Å². The molecule has 0 spiro atoms. The molecule has 1 aromatic heterocycles. The van der Waals surface area contributed by atoms with Crippen molar-refractivity contribution >= 4 is 16.8 Å². The number of hydrogen-bond donors (Lipinski definition) is 2. The van der Waals surface area contributed by atoms with Gasteiger partial charge in [0.05, 0.1) is 10.9 Å². The predicted molar refractivity (Wildman–Crippen MR) is 93.8 cm³/mol. The smallest absolute Gasteiger partial charge is 0.256 e. The van der Waals surface area contributed by atoms with E-state index in [2.05, 4.69) is 29.0 Å². The van der Waals surface area contributed by atoms with Crippen LogP contribution in [0.2, 0.25) is 0 Å². The van der Waals surface area contributed by atoms with Crippen LogP contribution < -0.4 is 10.7 Å². The summed E-state index contributed by atoms with van der Waals surface area (Å²) < 4.78 is 27.0. The fourth-order valence-corrected chi connectivity index (χ4v) is 2.78. The van der Waals surface area contributed by atoms with Gasteiger partial charge in [0.15, 0.2) is 0 Å². The SMILES string of the molecule is CC(C)CN(C)CCCNC(=O)c1c[nH]c2c(F)cc(F)cc2c1=O. The van der Waals surface area contributed by atoms with Crippen LogP contribution >= 0.6 is 0 Å². The minimum Gasteiger partial charge on any atom is -0.358 e. The molecule has 136 valence electrons. The van der Waals surface area contributed by atoms with Crippen molar-refractivity contribution in [3.63, 3.8) is 0 Å². The molecule has 1 amide bonds. The Hall–Kier alpha value is -2.28. The molecule has 25 heavy (non-hydrogen) atoms. The average molecular weight is 351 g/mol. The summed E-state index contributed by atoms with van der Waals surface area (Å²) in [4.78, 5) is 29.2. The number of benzene rings is 1. The van der Waals surface area contributed by atoms with Gasteiger partial charge in [-0.2, -0.15) is 0 Å². The van der Waals surface area contributed by atoms with Crippen LogP contribution in [0.4, 0.5) is 8.78 Å². The number of carbonyl (C=O) groups excluding carboxylic acids is 1. The molecule has 0 aliphatic heterocycles. The Morgan fingerprint density at radius 3 is 2.72 bits per heavy atom. The normalized spacial score (nSPS) is 11.5.